The molecule has 1 fully saturated rings. The van der Waals surface area contributed by atoms with Crippen molar-refractivity contribution in [3.8, 4) is 10.8 Å². The summed E-state index contributed by atoms with van der Waals surface area (Å²) >= 11 is 1.57. The summed E-state index contributed by atoms with van der Waals surface area (Å²) in [7, 11) is 0. The Bertz CT molecular complexity index is 633. The molecule has 5 nitrogen and oxygen atoms in total. The molecule has 1 saturated heterocycles. The second-order valence-electron chi connectivity index (χ2n) is 5.90. The Labute approximate surface area is 158 Å². The van der Waals surface area contributed by atoms with Crippen molar-refractivity contribution in [3.05, 3.63) is 29.5 Å². The second kappa shape index (κ2) is 9.42. The summed E-state index contributed by atoms with van der Waals surface area (Å²) < 4.78 is 5.47. The van der Waals surface area contributed by atoms with E-state index in [0.717, 1.165) is 24.3 Å². The first-order chi connectivity index (χ1) is 10.7. The van der Waals surface area contributed by atoms with Gasteiger partial charge in [0.15, 0.2) is 0 Å². The molecule has 1 aliphatic rings. The van der Waals surface area contributed by atoms with Crippen molar-refractivity contribution in [2.75, 3.05) is 13.1 Å². The van der Waals surface area contributed by atoms with Crippen LogP contribution in [0.25, 0.3) is 10.8 Å². The van der Waals surface area contributed by atoms with Gasteiger partial charge in [-0.15, -0.1) is 36.2 Å². The standard InChI is InChI=1S/C16H21N3O2S.2ClH/c1-11-4-5-19(13(7-11)9-17)15(20)8-12-10-21-16(18-12)14-3-2-6-22-14;;/h2-3,6,10-11,13H,4-5,7-9,17H2,1H3;2*1H. The van der Waals surface area contributed by atoms with Gasteiger partial charge in [0.05, 0.1) is 17.0 Å². The van der Waals surface area contributed by atoms with Crippen LogP contribution in [0, 0.1) is 5.92 Å². The Morgan fingerprint density at radius 3 is 2.96 bits per heavy atom. The van der Waals surface area contributed by atoms with E-state index in [9.17, 15) is 4.79 Å². The van der Waals surface area contributed by atoms with E-state index < -0.39 is 0 Å². The third kappa shape index (κ3) is 4.72. The Kier molecular flexibility index (Phi) is 8.22. The topological polar surface area (TPSA) is 72.4 Å². The van der Waals surface area contributed by atoms with Crippen LogP contribution in [0.2, 0.25) is 0 Å². The first kappa shape index (κ1) is 21.0. The van der Waals surface area contributed by atoms with E-state index in [0.29, 0.717) is 24.0 Å². The smallest absolute Gasteiger partial charge is 0.236 e. The Hall–Kier alpha value is -1.08. The predicted molar refractivity (Wildman–Crippen MR) is 101 cm³/mol. The van der Waals surface area contributed by atoms with E-state index >= 15 is 0 Å². The lowest BCUT2D eigenvalue weighted by Crippen LogP contribution is -2.49. The summed E-state index contributed by atoms with van der Waals surface area (Å²) in [6.45, 7) is 3.53. The van der Waals surface area contributed by atoms with E-state index in [1.807, 2.05) is 22.4 Å². The minimum atomic E-state index is 0. The normalized spacial score (nSPS) is 20.2. The quantitative estimate of drug-likeness (QED) is 0.866. The monoisotopic (exact) mass is 391 g/mol. The van der Waals surface area contributed by atoms with Crippen LogP contribution in [0.5, 0.6) is 0 Å². The van der Waals surface area contributed by atoms with Gasteiger partial charge in [-0.3, -0.25) is 4.79 Å². The molecule has 1 aliphatic heterocycles. The first-order valence-corrected chi connectivity index (χ1v) is 8.53. The Morgan fingerprint density at radius 2 is 2.29 bits per heavy atom. The number of likely N-dealkylation sites (tertiary alicyclic amines) is 1. The van der Waals surface area contributed by atoms with Gasteiger partial charge in [-0.05, 0) is 30.2 Å². The van der Waals surface area contributed by atoms with Gasteiger partial charge in [-0.1, -0.05) is 13.0 Å². The van der Waals surface area contributed by atoms with Crippen LogP contribution in [0.4, 0.5) is 0 Å². The van der Waals surface area contributed by atoms with Crippen molar-refractivity contribution in [1.82, 2.24) is 9.88 Å². The Balaban J connectivity index is 0.00000144. The molecule has 3 rings (SSSR count). The molecule has 134 valence electrons. The lowest BCUT2D eigenvalue weighted by atomic mass is 9.92. The summed E-state index contributed by atoms with van der Waals surface area (Å²) in [5.74, 6) is 1.31. The number of nitrogens with zero attached hydrogens (tertiary/aromatic N) is 2. The number of hydrogen-bond donors (Lipinski definition) is 1. The van der Waals surface area contributed by atoms with Crippen molar-refractivity contribution < 1.29 is 9.21 Å². The van der Waals surface area contributed by atoms with Crippen molar-refractivity contribution >= 4 is 42.1 Å². The highest BCUT2D eigenvalue weighted by atomic mass is 35.5. The van der Waals surface area contributed by atoms with Crippen LogP contribution in [0.15, 0.2) is 28.2 Å². The van der Waals surface area contributed by atoms with Crippen molar-refractivity contribution in [2.24, 2.45) is 11.7 Å². The molecular formula is C16H23Cl2N3O2S. The van der Waals surface area contributed by atoms with Crippen LogP contribution in [0.3, 0.4) is 0 Å². The van der Waals surface area contributed by atoms with Gasteiger partial charge in [-0.2, -0.15) is 0 Å². The summed E-state index contributed by atoms with van der Waals surface area (Å²) in [5.41, 5.74) is 6.51. The van der Waals surface area contributed by atoms with Gasteiger partial charge in [0.25, 0.3) is 0 Å². The number of thiophene rings is 1. The molecule has 1 amide bonds. The molecular weight excluding hydrogens is 369 g/mol. The van der Waals surface area contributed by atoms with Crippen LogP contribution in [-0.2, 0) is 11.2 Å². The van der Waals surface area contributed by atoms with Gasteiger partial charge in [-0.25, -0.2) is 4.98 Å². The zero-order chi connectivity index (χ0) is 15.5. The number of oxazole rings is 1. The van der Waals surface area contributed by atoms with E-state index in [1.165, 1.54) is 0 Å². The number of carbonyl (C=O) groups excluding carboxylic acids is 1. The third-order valence-corrected chi connectivity index (χ3v) is 5.04. The number of piperidine rings is 1. The van der Waals surface area contributed by atoms with Gasteiger partial charge in [0, 0.05) is 19.1 Å². The molecule has 2 atom stereocenters. The molecule has 3 heterocycles. The molecule has 0 bridgehead atoms. The van der Waals surface area contributed by atoms with Gasteiger partial charge in [0.2, 0.25) is 11.8 Å². The molecule has 8 heteroatoms. The average Bonchev–Trinajstić information content (AvgIpc) is 3.17. The minimum Gasteiger partial charge on any atom is -0.444 e. The van der Waals surface area contributed by atoms with Crippen LogP contribution < -0.4 is 5.73 Å². The van der Waals surface area contributed by atoms with Crippen molar-refractivity contribution in [2.45, 2.75) is 32.2 Å². The number of hydrogen-bond acceptors (Lipinski definition) is 5. The molecule has 0 aliphatic carbocycles. The fourth-order valence-corrected chi connectivity index (χ4v) is 3.62. The maximum absolute atomic E-state index is 12.5. The third-order valence-electron chi connectivity index (χ3n) is 4.19. The highest BCUT2D eigenvalue weighted by molar-refractivity contribution is 7.13. The van der Waals surface area contributed by atoms with Gasteiger partial charge in [0.1, 0.15) is 6.26 Å². The average molecular weight is 392 g/mol. The first-order valence-electron chi connectivity index (χ1n) is 7.65. The SMILES string of the molecule is CC1CCN(C(=O)Cc2coc(-c3cccs3)n2)C(CN)C1.Cl.Cl. The lowest BCUT2D eigenvalue weighted by molar-refractivity contribution is -0.134. The second-order valence-corrected chi connectivity index (χ2v) is 6.85. The summed E-state index contributed by atoms with van der Waals surface area (Å²) in [6, 6.07) is 4.06. The van der Waals surface area contributed by atoms with Crippen LogP contribution in [0.1, 0.15) is 25.5 Å². The van der Waals surface area contributed by atoms with Crippen molar-refractivity contribution in [1.29, 1.82) is 0 Å². The zero-order valence-corrected chi connectivity index (χ0v) is 16.0. The minimum absolute atomic E-state index is 0. The molecule has 24 heavy (non-hydrogen) atoms. The lowest BCUT2D eigenvalue weighted by Gasteiger charge is -2.38. The molecule has 0 saturated carbocycles. The number of rotatable bonds is 4. The van der Waals surface area contributed by atoms with Crippen LogP contribution in [-0.4, -0.2) is 34.9 Å². The maximum atomic E-state index is 12.5. The molecule has 2 aromatic rings. The highest BCUT2D eigenvalue weighted by Crippen LogP contribution is 2.25. The Morgan fingerprint density at radius 1 is 1.50 bits per heavy atom. The van der Waals surface area contributed by atoms with Gasteiger partial charge < -0.3 is 15.1 Å². The summed E-state index contributed by atoms with van der Waals surface area (Å²) in [4.78, 5) is 19.8. The summed E-state index contributed by atoms with van der Waals surface area (Å²) in [6.07, 6.45) is 3.89. The van der Waals surface area contributed by atoms with E-state index in [-0.39, 0.29) is 43.2 Å². The number of aromatic nitrogens is 1. The fraction of sp³-hybridized carbons (Fsp3) is 0.500. The number of nitrogens with two attached hydrogens (primary N) is 1. The molecule has 2 N–H and O–H groups in total. The highest BCUT2D eigenvalue weighted by Gasteiger charge is 2.29. The van der Waals surface area contributed by atoms with E-state index in [4.69, 9.17) is 10.2 Å². The number of carbonyl (C=O) groups is 1. The number of halogens is 2. The number of amides is 1. The molecule has 2 unspecified atom stereocenters. The fourth-order valence-electron chi connectivity index (χ4n) is 2.96. The molecule has 2 aromatic heterocycles. The largest absolute Gasteiger partial charge is 0.444 e. The maximum Gasteiger partial charge on any atom is 0.236 e. The van der Waals surface area contributed by atoms with E-state index in [1.54, 1.807) is 17.6 Å². The van der Waals surface area contributed by atoms with Crippen molar-refractivity contribution in [3.63, 3.8) is 0 Å². The molecule has 0 spiro atoms. The zero-order valence-electron chi connectivity index (χ0n) is 13.5. The van der Waals surface area contributed by atoms with Gasteiger partial charge >= 0.3 is 0 Å². The molecule has 0 radical (unpaired) electrons. The summed E-state index contributed by atoms with van der Waals surface area (Å²) in [5, 5.41) is 1.98. The predicted octanol–water partition coefficient (Wildman–Crippen LogP) is 3.38. The van der Waals surface area contributed by atoms with E-state index in [2.05, 4.69) is 11.9 Å². The molecule has 0 aromatic carbocycles. The van der Waals surface area contributed by atoms with Crippen LogP contribution >= 0.6 is 36.2 Å².